The number of esters is 1. The highest BCUT2D eigenvalue weighted by molar-refractivity contribution is 5.87. The minimum atomic E-state index is -0.493. The predicted octanol–water partition coefficient (Wildman–Crippen LogP) is 1.86. The first-order valence-corrected chi connectivity index (χ1v) is 5.72. The summed E-state index contributed by atoms with van der Waals surface area (Å²) >= 11 is 0. The molecule has 0 unspecified atom stereocenters. The fraction of sp³-hybridized carbons (Fsp3) is 0.500. The summed E-state index contributed by atoms with van der Waals surface area (Å²) < 4.78 is 15.1. The maximum Gasteiger partial charge on any atom is 0.360 e. The third kappa shape index (κ3) is 5.01. The molecule has 0 saturated heterocycles. The van der Waals surface area contributed by atoms with Crippen LogP contribution in [0.5, 0.6) is 0 Å². The Morgan fingerprint density at radius 1 is 1.61 bits per heavy atom. The summed E-state index contributed by atoms with van der Waals surface area (Å²) in [6.45, 7) is 9.23. The largest absolute Gasteiger partial charge is 0.461 e. The van der Waals surface area contributed by atoms with Gasteiger partial charge in [-0.05, 0) is 13.8 Å². The molecule has 0 spiro atoms. The smallest absolute Gasteiger partial charge is 0.360 e. The number of nitrogens with zero attached hydrogens (tertiary/aromatic N) is 1. The van der Waals surface area contributed by atoms with Crippen LogP contribution in [-0.2, 0) is 9.47 Å². The minimum absolute atomic E-state index is 0.155. The van der Waals surface area contributed by atoms with Crippen molar-refractivity contribution in [1.29, 1.82) is 0 Å². The third-order valence-electron chi connectivity index (χ3n) is 1.86. The number of nitrogens with one attached hydrogen (secondary N) is 1. The first-order chi connectivity index (χ1) is 8.63. The first kappa shape index (κ1) is 14.2. The molecular weight excluding hydrogens is 236 g/mol. The number of carbonyl (C=O) groups is 1. The van der Waals surface area contributed by atoms with E-state index in [-0.39, 0.29) is 11.7 Å². The Hall–Kier alpha value is -1.82. The van der Waals surface area contributed by atoms with Crippen LogP contribution in [0, 0.1) is 0 Å². The molecule has 1 heterocycles. The van der Waals surface area contributed by atoms with E-state index in [9.17, 15) is 4.79 Å². The number of ether oxygens (including phenoxy) is 2. The Morgan fingerprint density at radius 3 is 3.06 bits per heavy atom. The zero-order chi connectivity index (χ0) is 13.4. The van der Waals surface area contributed by atoms with Gasteiger partial charge in [0.2, 0.25) is 0 Å². The summed E-state index contributed by atoms with van der Waals surface area (Å²) in [4.78, 5) is 15.2. The molecule has 0 aliphatic carbocycles. The summed E-state index contributed by atoms with van der Waals surface area (Å²) in [6.07, 6.45) is 1.26. The molecular formula is C12H18N2O4. The first-order valence-electron chi connectivity index (χ1n) is 5.72. The maximum absolute atomic E-state index is 11.3. The lowest BCUT2D eigenvalue weighted by atomic mass is 10.4. The predicted molar refractivity (Wildman–Crippen MR) is 66.6 cm³/mol. The van der Waals surface area contributed by atoms with Gasteiger partial charge >= 0.3 is 5.97 Å². The Morgan fingerprint density at radius 2 is 2.39 bits per heavy atom. The second-order valence-corrected chi connectivity index (χ2v) is 3.69. The van der Waals surface area contributed by atoms with Crippen LogP contribution in [0.3, 0.4) is 0 Å². The van der Waals surface area contributed by atoms with E-state index in [2.05, 4.69) is 16.9 Å². The Balaban J connectivity index is 2.27. The number of oxazole rings is 1. The van der Waals surface area contributed by atoms with Gasteiger partial charge in [0.25, 0.3) is 6.01 Å². The second kappa shape index (κ2) is 7.50. The van der Waals surface area contributed by atoms with Crippen molar-refractivity contribution in [3.8, 4) is 0 Å². The molecule has 6 nitrogen and oxygen atoms in total. The zero-order valence-corrected chi connectivity index (χ0v) is 10.7. The van der Waals surface area contributed by atoms with Crippen molar-refractivity contribution in [3.05, 3.63) is 24.1 Å². The molecule has 0 aromatic carbocycles. The Kier molecular flexibility index (Phi) is 5.93. The van der Waals surface area contributed by atoms with Crippen LogP contribution >= 0.6 is 0 Å². The molecule has 6 heteroatoms. The molecule has 18 heavy (non-hydrogen) atoms. The highest BCUT2D eigenvalue weighted by atomic mass is 16.5. The van der Waals surface area contributed by atoms with Crippen molar-refractivity contribution in [2.75, 3.05) is 31.7 Å². The van der Waals surface area contributed by atoms with Gasteiger partial charge in [-0.1, -0.05) is 12.2 Å². The fourth-order valence-corrected chi connectivity index (χ4v) is 1.13. The molecule has 0 bridgehead atoms. The quantitative estimate of drug-likeness (QED) is 0.433. The highest BCUT2D eigenvalue weighted by Gasteiger charge is 2.12. The van der Waals surface area contributed by atoms with Crippen LogP contribution in [0.15, 0.2) is 22.8 Å². The zero-order valence-electron chi connectivity index (χ0n) is 10.7. The number of aromatic nitrogens is 1. The van der Waals surface area contributed by atoms with Crippen molar-refractivity contribution >= 4 is 12.0 Å². The van der Waals surface area contributed by atoms with Gasteiger partial charge < -0.3 is 19.2 Å². The molecule has 0 radical (unpaired) electrons. The topological polar surface area (TPSA) is 73.6 Å². The normalized spacial score (nSPS) is 10.1. The average Bonchev–Trinajstić information content (AvgIpc) is 2.77. The van der Waals surface area contributed by atoms with E-state index in [4.69, 9.17) is 13.9 Å². The van der Waals surface area contributed by atoms with Crippen molar-refractivity contribution < 1.29 is 18.7 Å². The second-order valence-electron chi connectivity index (χ2n) is 3.69. The number of carbonyl (C=O) groups excluding carboxylic acids is 1. The van der Waals surface area contributed by atoms with E-state index in [1.54, 1.807) is 6.92 Å². The molecule has 0 amide bonds. The Bertz CT molecular complexity index is 401. The van der Waals surface area contributed by atoms with Gasteiger partial charge in [-0.15, -0.1) is 0 Å². The molecule has 0 saturated carbocycles. The van der Waals surface area contributed by atoms with Crippen LogP contribution in [0.4, 0.5) is 6.01 Å². The SMILES string of the molecule is C=C(C)COCCNc1nc(C(=O)OCC)co1. The van der Waals surface area contributed by atoms with Crippen molar-refractivity contribution in [3.63, 3.8) is 0 Å². The number of anilines is 1. The van der Waals surface area contributed by atoms with Crippen LogP contribution in [0.2, 0.25) is 0 Å². The van der Waals surface area contributed by atoms with Gasteiger partial charge in [0.05, 0.1) is 19.8 Å². The molecule has 1 aromatic heterocycles. The molecule has 0 fully saturated rings. The molecule has 1 rings (SSSR count). The van der Waals surface area contributed by atoms with Gasteiger partial charge in [0, 0.05) is 6.54 Å². The third-order valence-corrected chi connectivity index (χ3v) is 1.86. The van der Waals surface area contributed by atoms with E-state index in [0.29, 0.717) is 26.4 Å². The van der Waals surface area contributed by atoms with Crippen LogP contribution in [0.25, 0.3) is 0 Å². The van der Waals surface area contributed by atoms with Crippen LogP contribution in [-0.4, -0.2) is 37.3 Å². The summed E-state index contributed by atoms with van der Waals surface area (Å²) in [6, 6.07) is 0.275. The van der Waals surface area contributed by atoms with E-state index in [1.807, 2.05) is 6.92 Å². The summed E-state index contributed by atoms with van der Waals surface area (Å²) in [5.74, 6) is -0.493. The lowest BCUT2D eigenvalue weighted by Crippen LogP contribution is -2.11. The lowest BCUT2D eigenvalue weighted by Gasteiger charge is -2.03. The molecule has 0 atom stereocenters. The highest BCUT2D eigenvalue weighted by Crippen LogP contribution is 2.08. The number of hydrogen-bond donors (Lipinski definition) is 1. The summed E-state index contributed by atoms with van der Waals surface area (Å²) in [5.41, 5.74) is 1.12. The number of hydrogen-bond acceptors (Lipinski definition) is 6. The van der Waals surface area contributed by atoms with Gasteiger partial charge in [-0.2, -0.15) is 4.98 Å². The molecule has 1 aromatic rings. The molecule has 1 N–H and O–H groups in total. The molecule has 0 aliphatic rings. The van der Waals surface area contributed by atoms with Gasteiger partial charge in [0.15, 0.2) is 5.69 Å². The van der Waals surface area contributed by atoms with E-state index in [0.717, 1.165) is 5.57 Å². The lowest BCUT2D eigenvalue weighted by molar-refractivity contribution is 0.0519. The van der Waals surface area contributed by atoms with E-state index >= 15 is 0 Å². The van der Waals surface area contributed by atoms with Crippen LogP contribution in [0.1, 0.15) is 24.3 Å². The minimum Gasteiger partial charge on any atom is -0.461 e. The average molecular weight is 254 g/mol. The van der Waals surface area contributed by atoms with Crippen molar-refractivity contribution in [2.45, 2.75) is 13.8 Å². The van der Waals surface area contributed by atoms with Crippen molar-refractivity contribution in [2.24, 2.45) is 0 Å². The van der Waals surface area contributed by atoms with E-state index < -0.39 is 5.97 Å². The summed E-state index contributed by atoms with van der Waals surface area (Å²) in [7, 11) is 0. The van der Waals surface area contributed by atoms with Crippen LogP contribution < -0.4 is 5.32 Å². The van der Waals surface area contributed by atoms with Gasteiger partial charge in [-0.25, -0.2) is 4.79 Å². The van der Waals surface area contributed by atoms with Gasteiger partial charge in [-0.3, -0.25) is 0 Å². The number of rotatable bonds is 8. The van der Waals surface area contributed by atoms with E-state index in [1.165, 1.54) is 6.26 Å². The molecule has 100 valence electrons. The fourth-order valence-electron chi connectivity index (χ4n) is 1.13. The molecule has 0 aliphatic heterocycles. The standard InChI is InChI=1S/C12H18N2O4/c1-4-17-11(15)10-8-18-12(14-10)13-5-6-16-7-9(2)3/h8H,2,4-7H2,1,3H3,(H,13,14). The monoisotopic (exact) mass is 254 g/mol. The summed E-state index contributed by atoms with van der Waals surface area (Å²) in [5, 5.41) is 2.90. The maximum atomic E-state index is 11.3. The van der Waals surface area contributed by atoms with Crippen molar-refractivity contribution in [1.82, 2.24) is 4.98 Å². The Labute approximate surface area is 106 Å². The van der Waals surface area contributed by atoms with Gasteiger partial charge in [0.1, 0.15) is 6.26 Å².